The summed E-state index contributed by atoms with van der Waals surface area (Å²) in [6.07, 6.45) is 5.10. The lowest BCUT2D eigenvalue weighted by molar-refractivity contribution is 0.0696. The van der Waals surface area contributed by atoms with E-state index in [9.17, 15) is 18.3 Å². The molecule has 1 fully saturated rings. The van der Waals surface area contributed by atoms with Crippen LogP contribution in [0, 0.1) is 6.92 Å². The number of rotatable bonds is 5. The molecular weight excluding hydrogens is 382 g/mol. The Hall–Kier alpha value is -2.43. The Bertz CT molecular complexity index is 993. The Balaban J connectivity index is 2.05. The van der Waals surface area contributed by atoms with Gasteiger partial charge >= 0.3 is 5.97 Å². The van der Waals surface area contributed by atoms with Crippen molar-refractivity contribution < 1.29 is 18.3 Å². The largest absolute Gasteiger partial charge is 0.478 e. The maximum Gasteiger partial charge on any atom is 0.337 e. The second-order valence-corrected chi connectivity index (χ2v) is 9.03. The summed E-state index contributed by atoms with van der Waals surface area (Å²) in [7, 11) is -0.596. The molecular formula is C18H23N5O4S. The lowest BCUT2D eigenvalue weighted by atomic mass is 10.0. The van der Waals surface area contributed by atoms with Crippen molar-refractivity contribution in [2.45, 2.75) is 32.2 Å². The quantitative estimate of drug-likeness (QED) is 0.807. The van der Waals surface area contributed by atoms with Crippen LogP contribution in [0.2, 0.25) is 0 Å². The van der Waals surface area contributed by atoms with Crippen molar-refractivity contribution in [2.75, 3.05) is 20.6 Å². The average molecular weight is 405 g/mol. The van der Waals surface area contributed by atoms with Gasteiger partial charge in [0, 0.05) is 44.3 Å². The van der Waals surface area contributed by atoms with Gasteiger partial charge in [0.05, 0.1) is 17.3 Å². The highest BCUT2D eigenvalue weighted by atomic mass is 32.2. The predicted molar refractivity (Wildman–Crippen MR) is 103 cm³/mol. The molecule has 1 aliphatic rings. The van der Waals surface area contributed by atoms with Crippen LogP contribution < -0.4 is 0 Å². The van der Waals surface area contributed by atoms with Crippen LogP contribution in [0.25, 0.3) is 11.3 Å². The van der Waals surface area contributed by atoms with E-state index in [-0.39, 0.29) is 5.56 Å². The Morgan fingerprint density at radius 3 is 2.64 bits per heavy atom. The molecule has 150 valence electrons. The number of aromatic nitrogens is 3. The second-order valence-electron chi connectivity index (χ2n) is 6.93. The molecule has 0 amide bonds. The Morgan fingerprint density at radius 2 is 1.96 bits per heavy atom. The van der Waals surface area contributed by atoms with E-state index in [1.165, 1.54) is 41.2 Å². The van der Waals surface area contributed by atoms with Crippen LogP contribution in [0.1, 0.15) is 47.2 Å². The zero-order chi connectivity index (χ0) is 20.5. The normalized spacial score (nSPS) is 18.4. The number of carboxylic acid groups (broad SMARTS) is 1. The SMILES string of the molecule is Cc1cc(-c2cncc(C(=O)O)c2)nc([C@@H]2CCCCN2S(=O)(=O)N(C)C)n1. The fourth-order valence-corrected chi connectivity index (χ4v) is 4.53. The van der Waals surface area contributed by atoms with Crippen molar-refractivity contribution in [3.8, 4) is 11.3 Å². The molecule has 1 saturated heterocycles. The van der Waals surface area contributed by atoms with Gasteiger partial charge < -0.3 is 5.11 Å². The number of pyridine rings is 1. The summed E-state index contributed by atoms with van der Waals surface area (Å²) in [5.74, 6) is -0.656. The fraction of sp³-hybridized carbons (Fsp3) is 0.444. The highest BCUT2D eigenvalue weighted by Gasteiger charge is 2.36. The second kappa shape index (κ2) is 7.90. The summed E-state index contributed by atoms with van der Waals surface area (Å²) in [5, 5.41) is 9.19. The number of piperidine rings is 1. The molecule has 0 spiro atoms. The van der Waals surface area contributed by atoms with Gasteiger partial charge in [-0.3, -0.25) is 4.98 Å². The number of hydrogen-bond acceptors (Lipinski definition) is 6. The van der Waals surface area contributed by atoms with E-state index < -0.39 is 22.2 Å². The zero-order valence-corrected chi connectivity index (χ0v) is 16.8. The molecule has 0 unspecified atom stereocenters. The van der Waals surface area contributed by atoms with Crippen LogP contribution >= 0.6 is 0 Å². The molecule has 3 heterocycles. The highest BCUT2D eigenvalue weighted by molar-refractivity contribution is 7.86. The lowest BCUT2D eigenvalue weighted by Gasteiger charge is -2.35. The number of carbonyl (C=O) groups is 1. The average Bonchev–Trinajstić information content (AvgIpc) is 2.67. The lowest BCUT2D eigenvalue weighted by Crippen LogP contribution is -2.45. The van der Waals surface area contributed by atoms with Crippen LogP contribution in [0.15, 0.2) is 24.5 Å². The smallest absolute Gasteiger partial charge is 0.337 e. The highest BCUT2D eigenvalue weighted by Crippen LogP contribution is 2.33. The third kappa shape index (κ3) is 4.03. The van der Waals surface area contributed by atoms with E-state index in [0.29, 0.717) is 35.7 Å². The summed E-state index contributed by atoms with van der Waals surface area (Å²) >= 11 is 0. The van der Waals surface area contributed by atoms with Crippen molar-refractivity contribution in [2.24, 2.45) is 0 Å². The molecule has 0 bridgehead atoms. The first-order valence-corrected chi connectivity index (χ1v) is 10.3. The molecule has 0 aromatic carbocycles. The summed E-state index contributed by atoms with van der Waals surface area (Å²) < 4.78 is 28.1. The molecule has 9 nitrogen and oxygen atoms in total. The molecule has 1 aliphatic heterocycles. The molecule has 1 atom stereocenters. The molecule has 0 aliphatic carbocycles. The fourth-order valence-electron chi connectivity index (χ4n) is 3.23. The molecule has 2 aromatic heterocycles. The van der Waals surface area contributed by atoms with Gasteiger partial charge in [-0.15, -0.1) is 0 Å². The Labute approximate surface area is 164 Å². The summed E-state index contributed by atoms with van der Waals surface area (Å²) in [6.45, 7) is 2.21. The first-order valence-electron chi connectivity index (χ1n) is 8.93. The van der Waals surface area contributed by atoms with E-state index in [0.717, 1.165) is 12.8 Å². The van der Waals surface area contributed by atoms with Crippen LogP contribution in [0.4, 0.5) is 0 Å². The van der Waals surface area contributed by atoms with Crippen LogP contribution in [0.5, 0.6) is 0 Å². The van der Waals surface area contributed by atoms with Gasteiger partial charge in [-0.05, 0) is 31.9 Å². The Kier molecular flexibility index (Phi) is 5.73. The first-order chi connectivity index (χ1) is 13.2. The number of aromatic carboxylic acids is 1. The predicted octanol–water partition coefficient (Wildman–Crippen LogP) is 1.88. The van der Waals surface area contributed by atoms with Crippen molar-refractivity contribution in [1.29, 1.82) is 0 Å². The van der Waals surface area contributed by atoms with E-state index in [1.807, 2.05) is 0 Å². The van der Waals surface area contributed by atoms with Gasteiger partial charge in [0.2, 0.25) is 0 Å². The number of carboxylic acids is 1. The minimum Gasteiger partial charge on any atom is -0.478 e. The van der Waals surface area contributed by atoms with Gasteiger partial charge in [0.15, 0.2) is 0 Å². The number of hydrogen-bond donors (Lipinski definition) is 1. The van der Waals surface area contributed by atoms with Crippen molar-refractivity contribution in [3.63, 3.8) is 0 Å². The van der Waals surface area contributed by atoms with Gasteiger partial charge in [0.25, 0.3) is 10.2 Å². The van der Waals surface area contributed by atoms with Gasteiger partial charge in [0.1, 0.15) is 5.82 Å². The minimum absolute atomic E-state index is 0.0600. The van der Waals surface area contributed by atoms with Crippen molar-refractivity contribution in [1.82, 2.24) is 23.6 Å². The maximum atomic E-state index is 12.7. The monoisotopic (exact) mass is 405 g/mol. The summed E-state index contributed by atoms with van der Waals surface area (Å²) in [6, 6.07) is 2.77. The third-order valence-corrected chi connectivity index (χ3v) is 6.61. The van der Waals surface area contributed by atoms with E-state index >= 15 is 0 Å². The third-order valence-electron chi connectivity index (χ3n) is 4.66. The molecule has 0 radical (unpaired) electrons. The molecule has 28 heavy (non-hydrogen) atoms. The van der Waals surface area contributed by atoms with E-state index in [1.54, 1.807) is 13.0 Å². The molecule has 3 rings (SSSR count). The van der Waals surface area contributed by atoms with Crippen LogP contribution in [-0.2, 0) is 10.2 Å². The molecule has 2 aromatic rings. The zero-order valence-electron chi connectivity index (χ0n) is 16.0. The molecule has 0 saturated carbocycles. The van der Waals surface area contributed by atoms with Crippen molar-refractivity contribution in [3.05, 3.63) is 41.6 Å². The van der Waals surface area contributed by atoms with Gasteiger partial charge in [-0.25, -0.2) is 14.8 Å². The molecule has 10 heteroatoms. The molecule has 1 N–H and O–H groups in total. The number of nitrogens with zero attached hydrogens (tertiary/aromatic N) is 5. The van der Waals surface area contributed by atoms with Crippen LogP contribution in [0.3, 0.4) is 0 Å². The first kappa shape index (κ1) is 20.3. The Morgan fingerprint density at radius 1 is 1.21 bits per heavy atom. The standard InChI is InChI=1S/C18H23N5O4S/c1-12-8-15(13-9-14(18(24)25)11-19-10-13)21-17(20-12)16-6-4-5-7-23(16)28(26,27)22(2)3/h8-11,16H,4-7H2,1-3H3,(H,24,25)/t16-/m0/s1. The van der Waals surface area contributed by atoms with Crippen LogP contribution in [-0.4, -0.2) is 63.7 Å². The maximum absolute atomic E-state index is 12.7. The number of aryl methyl sites for hydroxylation is 1. The minimum atomic E-state index is -3.61. The summed E-state index contributed by atoms with van der Waals surface area (Å²) in [5.41, 5.74) is 1.80. The van der Waals surface area contributed by atoms with Crippen molar-refractivity contribution >= 4 is 16.2 Å². The van der Waals surface area contributed by atoms with E-state index in [2.05, 4.69) is 15.0 Å². The van der Waals surface area contributed by atoms with E-state index in [4.69, 9.17) is 0 Å². The summed E-state index contributed by atoms with van der Waals surface area (Å²) in [4.78, 5) is 24.3. The van der Waals surface area contributed by atoms with Gasteiger partial charge in [-0.2, -0.15) is 17.0 Å². The van der Waals surface area contributed by atoms with Gasteiger partial charge in [-0.1, -0.05) is 6.42 Å². The topological polar surface area (TPSA) is 117 Å².